The summed E-state index contributed by atoms with van der Waals surface area (Å²) in [6.07, 6.45) is 2.17. The Hall–Kier alpha value is -0.720. The predicted octanol–water partition coefficient (Wildman–Crippen LogP) is 3.26. The summed E-state index contributed by atoms with van der Waals surface area (Å²) in [6, 6.07) is 0. The molecule has 0 spiro atoms. The standard InChI is InChI=1S/C14H22N2O2S2/c1-8-6-16(7-14(3,4)18-8)13-12(19-5)10(15)11(20-13)9(2)17/h8H,6-7,15H2,1-5H3. The number of nitrogens with zero attached hydrogens (tertiary/aromatic N) is 1. The molecule has 1 aliphatic rings. The number of nitrogens with two attached hydrogens (primary N) is 1. The van der Waals surface area contributed by atoms with Gasteiger partial charge in [0.1, 0.15) is 5.00 Å². The van der Waals surface area contributed by atoms with E-state index < -0.39 is 0 Å². The monoisotopic (exact) mass is 314 g/mol. The fourth-order valence-electron chi connectivity index (χ4n) is 2.69. The molecule has 0 amide bonds. The molecule has 2 heterocycles. The number of morpholine rings is 1. The van der Waals surface area contributed by atoms with Crippen molar-refractivity contribution in [2.24, 2.45) is 0 Å². The third-order valence-electron chi connectivity index (χ3n) is 3.26. The van der Waals surface area contributed by atoms with E-state index in [9.17, 15) is 4.79 Å². The van der Waals surface area contributed by atoms with Crippen LogP contribution in [0.25, 0.3) is 0 Å². The molecule has 1 aromatic rings. The Morgan fingerprint density at radius 1 is 1.55 bits per heavy atom. The van der Waals surface area contributed by atoms with Gasteiger partial charge in [-0.15, -0.1) is 23.1 Å². The summed E-state index contributed by atoms with van der Waals surface area (Å²) in [5.74, 6) is 0.0367. The zero-order valence-electron chi connectivity index (χ0n) is 12.6. The van der Waals surface area contributed by atoms with Crippen LogP contribution in [-0.4, -0.2) is 36.8 Å². The largest absolute Gasteiger partial charge is 0.396 e. The number of hydrogen-bond acceptors (Lipinski definition) is 6. The van der Waals surface area contributed by atoms with Crippen molar-refractivity contribution in [3.63, 3.8) is 0 Å². The van der Waals surface area contributed by atoms with Crippen molar-refractivity contribution in [2.45, 2.75) is 44.3 Å². The third-order valence-corrected chi connectivity index (χ3v) is 5.58. The molecule has 1 unspecified atom stereocenters. The highest BCUT2D eigenvalue weighted by molar-refractivity contribution is 7.99. The third kappa shape index (κ3) is 2.97. The normalized spacial score (nSPS) is 22.1. The lowest BCUT2D eigenvalue weighted by Crippen LogP contribution is -2.51. The van der Waals surface area contributed by atoms with Crippen molar-refractivity contribution in [1.82, 2.24) is 0 Å². The molecule has 2 rings (SSSR count). The second-order valence-electron chi connectivity index (χ2n) is 5.81. The zero-order valence-corrected chi connectivity index (χ0v) is 14.3. The van der Waals surface area contributed by atoms with Gasteiger partial charge in [0, 0.05) is 20.0 Å². The Balaban J connectivity index is 2.41. The van der Waals surface area contributed by atoms with Gasteiger partial charge in [-0.3, -0.25) is 4.79 Å². The molecule has 0 bridgehead atoms. The molecule has 1 fully saturated rings. The van der Waals surface area contributed by atoms with Crippen LogP contribution in [0.2, 0.25) is 0 Å². The number of Topliss-reactive ketones (excluding diaryl/α,β-unsaturated/α-hetero) is 1. The predicted molar refractivity (Wildman–Crippen MR) is 87.4 cm³/mol. The lowest BCUT2D eigenvalue weighted by atomic mass is 10.1. The molecule has 1 atom stereocenters. The Bertz CT molecular complexity index is 525. The van der Waals surface area contributed by atoms with Crippen molar-refractivity contribution >= 4 is 39.6 Å². The van der Waals surface area contributed by atoms with Crippen molar-refractivity contribution in [3.8, 4) is 0 Å². The van der Waals surface area contributed by atoms with Gasteiger partial charge in [0.05, 0.1) is 27.2 Å². The van der Waals surface area contributed by atoms with Crippen LogP contribution in [0.4, 0.5) is 10.7 Å². The summed E-state index contributed by atoms with van der Waals surface area (Å²) >= 11 is 3.11. The van der Waals surface area contributed by atoms with Crippen LogP contribution in [0.5, 0.6) is 0 Å². The van der Waals surface area contributed by atoms with E-state index in [1.807, 2.05) is 6.26 Å². The lowest BCUT2D eigenvalue weighted by Gasteiger charge is -2.42. The second-order valence-corrected chi connectivity index (χ2v) is 7.62. The van der Waals surface area contributed by atoms with E-state index in [0.29, 0.717) is 10.6 Å². The van der Waals surface area contributed by atoms with Crippen LogP contribution in [-0.2, 0) is 4.74 Å². The smallest absolute Gasteiger partial charge is 0.171 e. The van der Waals surface area contributed by atoms with Gasteiger partial charge in [0.2, 0.25) is 0 Å². The Morgan fingerprint density at radius 2 is 2.20 bits per heavy atom. The fraction of sp³-hybridized carbons (Fsp3) is 0.643. The van der Waals surface area contributed by atoms with E-state index in [-0.39, 0.29) is 17.5 Å². The van der Waals surface area contributed by atoms with Crippen LogP contribution in [0.1, 0.15) is 37.4 Å². The molecule has 1 aliphatic heterocycles. The lowest BCUT2D eigenvalue weighted by molar-refractivity contribution is -0.0749. The summed E-state index contributed by atoms with van der Waals surface area (Å²) < 4.78 is 5.94. The van der Waals surface area contributed by atoms with Gasteiger partial charge in [-0.2, -0.15) is 0 Å². The van der Waals surface area contributed by atoms with Crippen LogP contribution in [0.15, 0.2) is 4.90 Å². The summed E-state index contributed by atoms with van der Waals surface area (Å²) in [5, 5.41) is 1.10. The average molecular weight is 314 g/mol. The second kappa shape index (κ2) is 5.58. The molecule has 0 saturated carbocycles. The summed E-state index contributed by atoms with van der Waals surface area (Å²) in [7, 11) is 0. The van der Waals surface area contributed by atoms with Gasteiger partial charge in [0.25, 0.3) is 0 Å². The number of anilines is 2. The number of carbonyl (C=O) groups is 1. The molecule has 2 N–H and O–H groups in total. The van der Waals surface area contributed by atoms with Crippen molar-refractivity contribution in [2.75, 3.05) is 30.0 Å². The molecular formula is C14H22N2O2S2. The number of nitrogen functional groups attached to an aromatic ring is 1. The number of carbonyl (C=O) groups excluding carboxylic acids is 1. The number of hydrogen-bond donors (Lipinski definition) is 1. The van der Waals surface area contributed by atoms with E-state index >= 15 is 0 Å². The minimum Gasteiger partial charge on any atom is -0.396 e. The number of thiophene rings is 1. The van der Waals surface area contributed by atoms with Gasteiger partial charge in [-0.25, -0.2) is 0 Å². The first-order valence-electron chi connectivity index (χ1n) is 6.65. The highest BCUT2D eigenvalue weighted by Crippen LogP contribution is 2.45. The topological polar surface area (TPSA) is 55.6 Å². The first kappa shape index (κ1) is 15.7. The zero-order chi connectivity index (χ0) is 15.1. The molecule has 1 aromatic heterocycles. The average Bonchev–Trinajstić information content (AvgIpc) is 2.63. The highest BCUT2D eigenvalue weighted by Gasteiger charge is 2.34. The van der Waals surface area contributed by atoms with E-state index in [2.05, 4.69) is 25.7 Å². The molecule has 20 heavy (non-hydrogen) atoms. The fourth-order valence-corrected chi connectivity index (χ4v) is 4.78. The van der Waals surface area contributed by atoms with Crippen LogP contribution < -0.4 is 10.6 Å². The molecule has 4 nitrogen and oxygen atoms in total. The minimum atomic E-state index is -0.192. The summed E-state index contributed by atoms with van der Waals surface area (Å²) in [6.45, 7) is 9.47. The van der Waals surface area contributed by atoms with Crippen molar-refractivity contribution in [3.05, 3.63) is 4.88 Å². The Morgan fingerprint density at radius 3 is 2.70 bits per heavy atom. The SMILES string of the molecule is CSc1c(N2CC(C)OC(C)(C)C2)sc(C(C)=O)c1N. The van der Waals surface area contributed by atoms with Gasteiger partial charge in [0.15, 0.2) is 5.78 Å². The van der Waals surface area contributed by atoms with Gasteiger partial charge in [-0.05, 0) is 27.0 Å². The van der Waals surface area contributed by atoms with Gasteiger partial charge < -0.3 is 15.4 Å². The maximum Gasteiger partial charge on any atom is 0.171 e. The molecular weight excluding hydrogens is 292 g/mol. The molecule has 0 aliphatic carbocycles. The molecule has 0 aromatic carbocycles. The van der Waals surface area contributed by atoms with Crippen molar-refractivity contribution < 1.29 is 9.53 Å². The number of thioether (sulfide) groups is 1. The minimum absolute atomic E-state index is 0.0367. The van der Waals surface area contributed by atoms with Crippen LogP contribution in [0.3, 0.4) is 0 Å². The quantitative estimate of drug-likeness (QED) is 0.685. The molecule has 112 valence electrons. The summed E-state index contributed by atoms with van der Waals surface area (Å²) in [4.78, 5) is 15.7. The Labute approximate surface area is 128 Å². The molecule has 6 heteroatoms. The van der Waals surface area contributed by atoms with Crippen LogP contribution in [0, 0.1) is 0 Å². The van der Waals surface area contributed by atoms with E-state index in [1.165, 1.54) is 11.3 Å². The van der Waals surface area contributed by atoms with Crippen LogP contribution >= 0.6 is 23.1 Å². The van der Waals surface area contributed by atoms with E-state index in [0.717, 1.165) is 23.0 Å². The van der Waals surface area contributed by atoms with E-state index in [1.54, 1.807) is 18.7 Å². The maximum atomic E-state index is 11.7. The molecule has 1 saturated heterocycles. The van der Waals surface area contributed by atoms with Gasteiger partial charge in [-0.1, -0.05) is 0 Å². The highest BCUT2D eigenvalue weighted by atomic mass is 32.2. The number of ether oxygens (including phenoxy) is 1. The first-order chi connectivity index (χ1) is 9.25. The summed E-state index contributed by atoms with van der Waals surface area (Å²) in [5.41, 5.74) is 6.57. The number of ketones is 1. The van der Waals surface area contributed by atoms with E-state index in [4.69, 9.17) is 10.5 Å². The first-order valence-corrected chi connectivity index (χ1v) is 8.69. The maximum absolute atomic E-state index is 11.7. The Kier molecular flexibility index (Phi) is 4.37. The number of rotatable bonds is 3. The van der Waals surface area contributed by atoms with Crippen molar-refractivity contribution in [1.29, 1.82) is 0 Å². The van der Waals surface area contributed by atoms with Gasteiger partial charge >= 0.3 is 0 Å². The molecule has 0 radical (unpaired) electrons.